The average molecular weight is 275 g/mol. The van der Waals surface area contributed by atoms with Crippen LogP contribution in [0.2, 0.25) is 0 Å². The molecular formula is C14H17N3OS. The maximum Gasteiger partial charge on any atom is 0.220 e. The molecule has 0 unspecified atom stereocenters. The summed E-state index contributed by atoms with van der Waals surface area (Å²) >= 11 is 1.57. The van der Waals surface area contributed by atoms with Gasteiger partial charge in [0, 0.05) is 17.0 Å². The third kappa shape index (κ3) is 4.06. The Bertz CT molecular complexity index is 565. The number of aromatic nitrogens is 1. The molecule has 0 spiro atoms. The zero-order chi connectivity index (χ0) is 13.7. The number of nitrogen functional groups attached to an aromatic ring is 1. The van der Waals surface area contributed by atoms with Crippen molar-refractivity contribution in [1.82, 2.24) is 10.3 Å². The molecule has 2 rings (SSSR count). The highest BCUT2D eigenvalue weighted by molar-refractivity contribution is 7.09. The highest BCUT2D eigenvalue weighted by Gasteiger charge is 2.05. The Morgan fingerprint density at radius 1 is 1.47 bits per heavy atom. The van der Waals surface area contributed by atoms with Gasteiger partial charge in [0.1, 0.15) is 0 Å². The minimum atomic E-state index is 0.0511. The van der Waals surface area contributed by atoms with E-state index in [-0.39, 0.29) is 5.91 Å². The monoisotopic (exact) mass is 275 g/mol. The number of rotatable bonds is 5. The van der Waals surface area contributed by atoms with Crippen molar-refractivity contribution in [1.29, 1.82) is 0 Å². The second-order valence-electron chi connectivity index (χ2n) is 4.38. The molecule has 100 valence electrons. The lowest BCUT2D eigenvalue weighted by Gasteiger charge is -2.05. The van der Waals surface area contributed by atoms with Crippen LogP contribution >= 0.6 is 11.3 Å². The molecule has 0 radical (unpaired) electrons. The molecule has 0 aliphatic heterocycles. The maximum absolute atomic E-state index is 11.7. The van der Waals surface area contributed by atoms with Gasteiger partial charge in [0.05, 0.1) is 17.7 Å². The Kier molecular flexibility index (Phi) is 4.52. The fourth-order valence-electron chi connectivity index (χ4n) is 1.77. The Labute approximate surface area is 116 Å². The highest BCUT2D eigenvalue weighted by Crippen LogP contribution is 2.12. The molecule has 0 aliphatic rings. The quantitative estimate of drug-likeness (QED) is 0.823. The van der Waals surface area contributed by atoms with Crippen LogP contribution in [0.4, 0.5) is 5.69 Å². The number of carbonyl (C=O) groups is 1. The largest absolute Gasteiger partial charge is 0.399 e. The molecule has 0 atom stereocenters. The molecule has 5 heteroatoms. The van der Waals surface area contributed by atoms with Gasteiger partial charge in [-0.15, -0.1) is 11.3 Å². The third-order valence-electron chi connectivity index (χ3n) is 2.88. The van der Waals surface area contributed by atoms with E-state index in [9.17, 15) is 4.79 Å². The Morgan fingerprint density at radius 3 is 3.00 bits per heavy atom. The Morgan fingerprint density at radius 2 is 2.32 bits per heavy atom. The van der Waals surface area contributed by atoms with E-state index in [1.165, 1.54) is 0 Å². The first kappa shape index (κ1) is 13.5. The average Bonchev–Trinajstić information content (AvgIpc) is 2.80. The lowest BCUT2D eigenvalue weighted by molar-refractivity contribution is -0.121. The van der Waals surface area contributed by atoms with Gasteiger partial charge in [-0.1, -0.05) is 12.1 Å². The molecule has 19 heavy (non-hydrogen) atoms. The normalized spacial score (nSPS) is 10.4. The van der Waals surface area contributed by atoms with E-state index in [1.807, 2.05) is 31.2 Å². The van der Waals surface area contributed by atoms with Crippen molar-refractivity contribution in [2.24, 2.45) is 0 Å². The number of anilines is 1. The molecule has 0 fully saturated rings. The van der Waals surface area contributed by atoms with Crippen LogP contribution in [-0.4, -0.2) is 10.9 Å². The van der Waals surface area contributed by atoms with Crippen LogP contribution in [0.3, 0.4) is 0 Å². The van der Waals surface area contributed by atoms with E-state index in [4.69, 9.17) is 5.73 Å². The lowest BCUT2D eigenvalue weighted by Crippen LogP contribution is -2.22. The SMILES string of the molecule is Cc1ncsc1CNC(=O)CCc1cccc(N)c1. The Hall–Kier alpha value is -1.88. The fourth-order valence-corrected chi connectivity index (χ4v) is 2.49. The summed E-state index contributed by atoms with van der Waals surface area (Å²) in [6.45, 7) is 2.51. The molecule has 0 saturated heterocycles. The van der Waals surface area contributed by atoms with Crippen molar-refractivity contribution in [3.63, 3.8) is 0 Å². The van der Waals surface area contributed by atoms with E-state index in [0.717, 1.165) is 21.8 Å². The van der Waals surface area contributed by atoms with Gasteiger partial charge in [-0.3, -0.25) is 4.79 Å². The predicted octanol–water partition coefficient (Wildman–Crippen LogP) is 2.28. The summed E-state index contributed by atoms with van der Waals surface area (Å²) in [4.78, 5) is 17.0. The zero-order valence-corrected chi connectivity index (χ0v) is 11.7. The van der Waals surface area contributed by atoms with E-state index < -0.39 is 0 Å². The molecule has 1 amide bonds. The number of hydrogen-bond donors (Lipinski definition) is 2. The van der Waals surface area contributed by atoms with Gasteiger partial charge in [0.25, 0.3) is 0 Å². The smallest absolute Gasteiger partial charge is 0.220 e. The molecule has 1 aromatic heterocycles. The number of aryl methyl sites for hydroxylation is 2. The standard InChI is InChI=1S/C14H17N3OS/c1-10-13(19-9-17-10)8-16-14(18)6-5-11-3-2-4-12(15)7-11/h2-4,7,9H,5-6,8,15H2,1H3,(H,16,18). The van der Waals surface area contributed by atoms with Crippen molar-refractivity contribution >= 4 is 22.9 Å². The lowest BCUT2D eigenvalue weighted by atomic mass is 10.1. The first-order chi connectivity index (χ1) is 9.15. The van der Waals surface area contributed by atoms with E-state index >= 15 is 0 Å². The molecule has 0 bridgehead atoms. The summed E-state index contributed by atoms with van der Waals surface area (Å²) in [5.74, 6) is 0.0511. The fraction of sp³-hybridized carbons (Fsp3) is 0.286. The number of thiazole rings is 1. The van der Waals surface area contributed by atoms with Crippen molar-refractivity contribution in [2.75, 3.05) is 5.73 Å². The molecule has 0 saturated carbocycles. The number of nitrogens with zero attached hydrogens (tertiary/aromatic N) is 1. The number of nitrogens with two attached hydrogens (primary N) is 1. The minimum absolute atomic E-state index is 0.0511. The van der Waals surface area contributed by atoms with Crippen LogP contribution in [0.15, 0.2) is 29.8 Å². The number of amides is 1. The molecule has 3 N–H and O–H groups in total. The molecule has 1 heterocycles. The van der Waals surface area contributed by atoms with Crippen molar-refractivity contribution < 1.29 is 4.79 Å². The van der Waals surface area contributed by atoms with Gasteiger partial charge in [0.15, 0.2) is 0 Å². The number of hydrogen-bond acceptors (Lipinski definition) is 4. The van der Waals surface area contributed by atoms with E-state index in [0.29, 0.717) is 19.4 Å². The van der Waals surface area contributed by atoms with Crippen LogP contribution in [0.5, 0.6) is 0 Å². The first-order valence-corrected chi connectivity index (χ1v) is 7.03. The van der Waals surface area contributed by atoms with Crippen molar-refractivity contribution in [3.05, 3.63) is 45.9 Å². The van der Waals surface area contributed by atoms with Crippen molar-refractivity contribution in [2.45, 2.75) is 26.3 Å². The van der Waals surface area contributed by atoms with Gasteiger partial charge < -0.3 is 11.1 Å². The second kappa shape index (κ2) is 6.33. The van der Waals surface area contributed by atoms with Crippen LogP contribution < -0.4 is 11.1 Å². The van der Waals surface area contributed by atoms with Gasteiger partial charge >= 0.3 is 0 Å². The summed E-state index contributed by atoms with van der Waals surface area (Å²) in [6, 6.07) is 7.64. The summed E-state index contributed by atoms with van der Waals surface area (Å²) in [5, 5.41) is 2.91. The summed E-state index contributed by atoms with van der Waals surface area (Å²) in [6.07, 6.45) is 1.18. The number of carbonyl (C=O) groups excluding carboxylic acids is 1. The van der Waals surface area contributed by atoms with Crippen LogP contribution in [0.25, 0.3) is 0 Å². The van der Waals surface area contributed by atoms with Crippen LogP contribution in [0.1, 0.15) is 22.6 Å². The van der Waals surface area contributed by atoms with E-state index in [1.54, 1.807) is 16.8 Å². The molecule has 2 aromatic rings. The number of benzene rings is 1. The van der Waals surface area contributed by atoms with Crippen molar-refractivity contribution in [3.8, 4) is 0 Å². The second-order valence-corrected chi connectivity index (χ2v) is 5.32. The van der Waals surface area contributed by atoms with Gasteiger partial charge in [-0.2, -0.15) is 0 Å². The third-order valence-corrected chi connectivity index (χ3v) is 3.82. The van der Waals surface area contributed by atoms with E-state index in [2.05, 4.69) is 10.3 Å². The summed E-state index contributed by atoms with van der Waals surface area (Å²) in [5.41, 5.74) is 10.3. The minimum Gasteiger partial charge on any atom is -0.399 e. The topological polar surface area (TPSA) is 68.0 Å². The number of nitrogens with one attached hydrogen (secondary N) is 1. The molecule has 0 aliphatic carbocycles. The summed E-state index contributed by atoms with van der Waals surface area (Å²) < 4.78 is 0. The molecule has 1 aromatic carbocycles. The van der Waals surface area contributed by atoms with Gasteiger partial charge in [0.2, 0.25) is 5.91 Å². The van der Waals surface area contributed by atoms with Crippen LogP contribution in [-0.2, 0) is 17.8 Å². The summed E-state index contributed by atoms with van der Waals surface area (Å²) in [7, 11) is 0. The van der Waals surface area contributed by atoms with Gasteiger partial charge in [-0.25, -0.2) is 4.98 Å². The first-order valence-electron chi connectivity index (χ1n) is 6.15. The predicted molar refractivity (Wildman–Crippen MR) is 77.9 cm³/mol. The van der Waals surface area contributed by atoms with Crippen LogP contribution in [0, 0.1) is 6.92 Å². The maximum atomic E-state index is 11.7. The zero-order valence-electron chi connectivity index (χ0n) is 10.8. The Balaban J connectivity index is 1.77. The molecule has 4 nitrogen and oxygen atoms in total. The highest BCUT2D eigenvalue weighted by atomic mass is 32.1. The van der Waals surface area contributed by atoms with Gasteiger partial charge in [-0.05, 0) is 31.0 Å². The molecular weight excluding hydrogens is 258 g/mol.